The molecule has 1 aliphatic heterocycles. The van der Waals surface area contributed by atoms with Crippen LogP contribution >= 0.6 is 0 Å². The van der Waals surface area contributed by atoms with Gasteiger partial charge in [0.2, 0.25) is 10.0 Å². The van der Waals surface area contributed by atoms with Gasteiger partial charge >= 0.3 is 0 Å². The van der Waals surface area contributed by atoms with E-state index in [-0.39, 0.29) is 28.7 Å². The van der Waals surface area contributed by atoms with E-state index in [0.29, 0.717) is 24.3 Å². The summed E-state index contributed by atoms with van der Waals surface area (Å²) in [4.78, 5) is 29.8. The molecule has 0 unspecified atom stereocenters. The molecular weight excluding hydrogens is 460 g/mol. The molecule has 0 saturated carbocycles. The summed E-state index contributed by atoms with van der Waals surface area (Å²) < 4.78 is 35.9. The number of hydrogen-bond donors (Lipinski definition) is 1. The highest BCUT2D eigenvalue weighted by atomic mass is 32.2. The lowest BCUT2D eigenvalue weighted by Gasteiger charge is -2.32. The van der Waals surface area contributed by atoms with Crippen LogP contribution in [0.5, 0.6) is 11.5 Å². The SMILES string of the molecule is COc1cc(C(=O)Nc2ccc(C(=O)N3CCN(C)CC3)cc2)c(N(C)S(C)(=O)=O)cc1OC. The summed E-state index contributed by atoms with van der Waals surface area (Å²) in [6, 6.07) is 9.47. The molecule has 0 aliphatic carbocycles. The van der Waals surface area contributed by atoms with Gasteiger partial charge in [0.15, 0.2) is 11.5 Å². The van der Waals surface area contributed by atoms with Crippen molar-refractivity contribution in [2.45, 2.75) is 0 Å². The van der Waals surface area contributed by atoms with Crippen molar-refractivity contribution in [3.63, 3.8) is 0 Å². The molecule has 184 valence electrons. The molecule has 34 heavy (non-hydrogen) atoms. The lowest BCUT2D eigenvalue weighted by atomic mass is 10.1. The van der Waals surface area contributed by atoms with Crippen molar-refractivity contribution < 1.29 is 27.5 Å². The molecule has 0 bridgehead atoms. The fraction of sp³-hybridized carbons (Fsp3) is 0.391. The van der Waals surface area contributed by atoms with Gasteiger partial charge in [-0.15, -0.1) is 0 Å². The molecule has 2 aromatic carbocycles. The van der Waals surface area contributed by atoms with Crippen molar-refractivity contribution in [1.82, 2.24) is 9.80 Å². The van der Waals surface area contributed by atoms with E-state index in [4.69, 9.17) is 9.47 Å². The number of sulfonamides is 1. The minimum absolute atomic E-state index is 0.0528. The van der Waals surface area contributed by atoms with Crippen molar-refractivity contribution in [2.24, 2.45) is 0 Å². The summed E-state index contributed by atoms with van der Waals surface area (Å²) in [6.45, 7) is 3.00. The first kappa shape index (κ1) is 25.3. The first-order valence-corrected chi connectivity index (χ1v) is 12.5. The average Bonchev–Trinajstić information content (AvgIpc) is 2.82. The van der Waals surface area contributed by atoms with Crippen LogP contribution in [0.2, 0.25) is 0 Å². The highest BCUT2D eigenvalue weighted by molar-refractivity contribution is 7.92. The number of hydrogen-bond acceptors (Lipinski definition) is 7. The molecule has 1 aliphatic rings. The Morgan fingerprint density at radius 2 is 1.53 bits per heavy atom. The monoisotopic (exact) mass is 490 g/mol. The van der Waals surface area contributed by atoms with Gasteiger partial charge in [-0.2, -0.15) is 0 Å². The third-order valence-corrected chi connectivity index (χ3v) is 6.96. The van der Waals surface area contributed by atoms with Crippen LogP contribution in [0.1, 0.15) is 20.7 Å². The predicted octanol–water partition coefficient (Wildman–Crippen LogP) is 1.74. The molecular formula is C23H30N4O6S. The first-order chi connectivity index (χ1) is 16.0. The summed E-state index contributed by atoms with van der Waals surface area (Å²) in [5.41, 5.74) is 1.22. The highest BCUT2D eigenvalue weighted by Gasteiger charge is 2.24. The number of benzene rings is 2. The first-order valence-electron chi connectivity index (χ1n) is 10.6. The number of rotatable bonds is 7. The molecule has 10 nitrogen and oxygen atoms in total. The number of likely N-dealkylation sites (N-methyl/N-ethyl adjacent to an activating group) is 1. The van der Waals surface area contributed by atoms with Crippen molar-refractivity contribution in [3.05, 3.63) is 47.5 Å². The molecule has 1 saturated heterocycles. The zero-order valence-corrected chi connectivity index (χ0v) is 20.8. The van der Waals surface area contributed by atoms with Crippen LogP contribution in [0.3, 0.4) is 0 Å². The van der Waals surface area contributed by atoms with Crippen LogP contribution in [0.4, 0.5) is 11.4 Å². The van der Waals surface area contributed by atoms with E-state index in [0.717, 1.165) is 23.7 Å². The zero-order valence-electron chi connectivity index (χ0n) is 20.0. The molecule has 1 N–H and O–H groups in total. The Bertz CT molecular complexity index is 1160. The lowest BCUT2D eigenvalue weighted by Crippen LogP contribution is -2.47. The molecule has 1 fully saturated rings. The van der Waals surface area contributed by atoms with Gasteiger partial charge in [0.25, 0.3) is 11.8 Å². The summed E-state index contributed by atoms with van der Waals surface area (Å²) in [7, 11) is 2.58. The van der Waals surface area contributed by atoms with Crippen LogP contribution in [-0.4, -0.2) is 90.8 Å². The topological polar surface area (TPSA) is 108 Å². The second-order valence-corrected chi connectivity index (χ2v) is 10.1. The predicted molar refractivity (Wildman–Crippen MR) is 131 cm³/mol. The fourth-order valence-corrected chi connectivity index (χ4v) is 4.08. The second-order valence-electron chi connectivity index (χ2n) is 8.08. The summed E-state index contributed by atoms with van der Waals surface area (Å²) in [5, 5.41) is 2.76. The van der Waals surface area contributed by atoms with Gasteiger partial charge < -0.3 is 24.6 Å². The quantitative estimate of drug-likeness (QED) is 0.630. The van der Waals surface area contributed by atoms with Crippen molar-refractivity contribution >= 4 is 33.2 Å². The van der Waals surface area contributed by atoms with Gasteiger partial charge in [-0.05, 0) is 37.4 Å². The van der Waals surface area contributed by atoms with Gasteiger partial charge in [-0.1, -0.05) is 0 Å². The maximum atomic E-state index is 13.1. The van der Waals surface area contributed by atoms with E-state index in [2.05, 4.69) is 10.2 Å². The molecule has 2 amide bonds. The van der Waals surface area contributed by atoms with E-state index in [1.54, 1.807) is 24.3 Å². The second kappa shape index (κ2) is 10.3. The highest BCUT2D eigenvalue weighted by Crippen LogP contribution is 2.36. The molecule has 11 heteroatoms. The molecule has 2 aromatic rings. The zero-order chi connectivity index (χ0) is 25.0. The minimum atomic E-state index is -3.65. The van der Waals surface area contributed by atoms with Crippen LogP contribution < -0.4 is 19.1 Å². The van der Waals surface area contributed by atoms with E-state index in [9.17, 15) is 18.0 Å². The van der Waals surface area contributed by atoms with Crippen molar-refractivity contribution in [1.29, 1.82) is 0 Å². The molecule has 0 aromatic heterocycles. The Morgan fingerprint density at radius 1 is 0.971 bits per heavy atom. The van der Waals surface area contributed by atoms with Crippen LogP contribution in [0.25, 0.3) is 0 Å². The number of anilines is 2. The number of amides is 2. The average molecular weight is 491 g/mol. The van der Waals surface area contributed by atoms with Crippen LogP contribution in [0, 0.1) is 0 Å². The standard InChI is InChI=1S/C23H30N4O6S/c1-25-10-12-27(13-11-25)23(29)16-6-8-17(9-7-16)24-22(28)18-14-20(32-3)21(33-4)15-19(18)26(2)34(5,30)31/h6-9,14-15H,10-13H2,1-5H3,(H,24,28). The number of carbonyl (C=O) groups is 2. The van der Waals surface area contributed by atoms with Crippen LogP contribution in [0.15, 0.2) is 36.4 Å². The third kappa shape index (κ3) is 5.60. The van der Waals surface area contributed by atoms with Gasteiger partial charge in [-0.25, -0.2) is 8.42 Å². The third-order valence-electron chi connectivity index (χ3n) is 5.76. The fourth-order valence-electron chi connectivity index (χ4n) is 3.58. The Kier molecular flexibility index (Phi) is 7.68. The van der Waals surface area contributed by atoms with Gasteiger partial charge in [-0.3, -0.25) is 13.9 Å². The normalized spacial score (nSPS) is 14.4. The Labute approximate surface area is 200 Å². The molecule has 3 rings (SSSR count). The van der Waals surface area contributed by atoms with E-state index >= 15 is 0 Å². The van der Waals surface area contributed by atoms with Gasteiger partial charge in [0, 0.05) is 50.5 Å². The van der Waals surface area contributed by atoms with Crippen molar-refractivity contribution in [3.8, 4) is 11.5 Å². The molecule has 0 atom stereocenters. The molecule has 0 radical (unpaired) electrons. The number of nitrogens with one attached hydrogen (secondary N) is 1. The Morgan fingerprint density at radius 3 is 2.06 bits per heavy atom. The molecule has 0 spiro atoms. The minimum Gasteiger partial charge on any atom is -0.493 e. The van der Waals surface area contributed by atoms with Gasteiger partial charge in [0.05, 0.1) is 31.7 Å². The Balaban J connectivity index is 1.84. The summed E-state index contributed by atoms with van der Waals surface area (Å²) in [6.07, 6.45) is 1.04. The lowest BCUT2D eigenvalue weighted by molar-refractivity contribution is 0.0664. The van der Waals surface area contributed by atoms with E-state index in [1.165, 1.54) is 33.4 Å². The van der Waals surface area contributed by atoms with E-state index < -0.39 is 15.9 Å². The number of ether oxygens (including phenoxy) is 2. The van der Waals surface area contributed by atoms with Gasteiger partial charge in [0.1, 0.15) is 0 Å². The number of carbonyl (C=O) groups excluding carboxylic acids is 2. The molecule has 1 heterocycles. The van der Waals surface area contributed by atoms with Crippen molar-refractivity contribution in [2.75, 3.05) is 70.4 Å². The largest absolute Gasteiger partial charge is 0.493 e. The maximum Gasteiger partial charge on any atom is 0.257 e. The number of methoxy groups -OCH3 is 2. The maximum absolute atomic E-state index is 13.1. The van der Waals surface area contributed by atoms with Crippen LogP contribution in [-0.2, 0) is 10.0 Å². The number of piperazine rings is 1. The van der Waals surface area contributed by atoms with E-state index in [1.807, 2.05) is 11.9 Å². The number of nitrogens with zero attached hydrogens (tertiary/aromatic N) is 3. The summed E-state index contributed by atoms with van der Waals surface area (Å²) >= 11 is 0. The summed E-state index contributed by atoms with van der Waals surface area (Å²) in [5.74, 6) is -0.0183. The smallest absolute Gasteiger partial charge is 0.257 e. The Hall–Kier alpha value is -3.31.